The van der Waals surface area contributed by atoms with Crippen LogP contribution in [0.3, 0.4) is 0 Å². The van der Waals surface area contributed by atoms with Crippen molar-refractivity contribution in [1.82, 2.24) is 15.2 Å². The fraction of sp³-hybridized carbons (Fsp3) is 0.444. The molecule has 41 heavy (non-hydrogen) atoms. The maximum absolute atomic E-state index is 13.7. The Morgan fingerprint density at radius 3 is 2.37 bits per heavy atom. The third-order valence-electron chi connectivity index (χ3n) is 7.08. The minimum absolute atomic E-state index is 0.0163. The number of hydrogen-bond donors (Lipinski definition) is 2. The van der Waals surface area contributed by atoms with Crippen LogP contribution in [0.5, 0.6) is 0 Å². The average molecular weight is 606 g/mol. The van der Waals surface area contributed by atoms with Crippen molar-refractivity contribution in [3.63, 3.8) is 0 Å². The second kappa shape index (κ2) is 13.4. The molecule has 3 amide bonds. The van der Waals surface area contributed by atoms with E-state index < -0.39 is 40.1 Å². The van der Waals surface area contributed by atoms with Crippen molar-refractivity contribution in [2.24, 2.45) is 0 Å². The van der Waals surface area contributed by atoms with Gasteiger partial charge in [-0.15, -0.1) is 0 Å². The summed E-state index contributed by atoms with van der Waals surface area (Å²) in [5, 5.41) is 12.4. The Kier molecular flexibility index (Phi) is 9.94. The van der Waals surface area contributed by atoms with Gasteiger partial charge in [0, 0.05) is 56.6 Å². The summed E-state index contributed by atoms with van der Waals surface area (Å²) in [4.78, 5) is 59.8. The van der Waals surface area contributed by atoms with E-state index in [9.17, 15) is 32.7 Å². The minimum Gasteiger partial charge on any atom is -0.481 e. The molecule has 0 bridgehead atoms. The average Bonchev–Trinajstić information content (AvgIpc) is 2.94. The Labute approximate surface area is 243 Å². The minimum atomic E-state index is -3.09. The standard InChI is InChI=1S/C27H32ClN5O7S/c28-20-6-9-23(29-18-20)33(12-11-31-13-15-41(39,40)16-14-31)27(38)22(17-25(35)36)30-26(37)19-4-7-21(8-5-19)32-10-2-1-3-24(32)34/h4-9,18,22H,1-3,10-17H2,(H,30,37)(H,35,36)/t22-/m0/s1. The van der Waals surface area contributed by atoms with Gasteiger partial charge >= 0.3 is 5.97 Å². The summed E-state index contributed by atoms with van der Waals surface area (Å²) in [5.74, 6) is -2.35. The van der Waals surface area contributed by atoms with Crippen LogP contribution in [-0.2, 0) is 24.2 Å². The molecule has 220 valence electrons. The lowest BCUT2D eigenvalue weighted by molar-refractivity contribution is -0.139. The lowest BCUT2D eigenvalue weighted by atomic mass is 10.1. The summed E-state index contributed by atoms with van der Waals surface area (Å²) in [5.41, 5.74) is 0.863. The molecule has 2 saturated heterocycles. The molecule has 1 aromatic carbocycles. The van der Waals surface area contributed by atoms with Crippen LogP contribution in [-0.4, -0.2) is 97.4 Å². The number of aromatic nitrogens is 1. The Balaban J connectivity index is 1.50. The van der Waals surface area contributed by atoms with E-state index in [1.165, 1.54) is 35.4 Å². The maximum atomic E-state index is 13.7. The number of piperidine rings is 1. The zero-order valence-corrected chi connectivity index (χ0v) is 23.9. The highest BCUT2D eigenvalue weighted by atomic mass is 35.5. The van der Waals surface area contributed by atoms with Crippen LogP contribution in [0.2, 0.25) is 5.02 Å². The number of halogens is 1. The molecule has 0 radical (unpaired) electrons. The van der Waals surface area contributed by atoms with Gasteiger partial charge in [-0.3, -0.25) is 29.0 Å². The lowest BCUT2D eigenvalue weighted by Crippen LogP contribution is -2.52. The van der Waals surface area contributed by atoms with E-state index in [0.29, 0.717) is 43.3 Å². The summed E-state index contributed by atoms with van der Waals surface area (Å²) in [7, 11) is -3.09. The molecule has 4 rings (SSSR count). The van der Waals surface area contributed by atoms with Gasteiger partial charge in [-0.2, -0.15) is 0 Å². The number of aliphatic carboxylic acids is 1. The van der Waals surface area contributed by atoms with Crippen LogP contribution in [0.25, 0.3) is 0 Å². The van der Waals surface area contributed by atoms with Gasteiger partial charge in [0.2, 0.25) is 5.91 Å². The summed E-state index contributed by atoms with van der Waals surface area (Å²) >= 11 is 5.97. The highest BCUT2D eigenvalue weighted by Crippen LogP contribution is 2.22. The number of rotatable bonds is 10. The molecule has 0 saturated carbocycles. The Morgan fingerprint density at radius 1 is 1.05 bits per heavy atom. The molecular weight excluding hydrogens is 574 g/mol. The fourth-order valence-corrected chi connectivity index (χ4v) is 6.15. The summed E-state index contributed by atoms with van der Waals surface area (Å²) in [6, 6.07) is 7.99. The number of carbonyl (C=O) groups excluding carboxylic acids is 3. The van der Waals surface area contributed by atoms with E-state index in [1.807, 2.05) is 4.90 Å². The number of sulfone groups is 1. The molecule has 0 unspecified atom stereocenters. The second-order valence-corrected chi connectivity index (χ2v) is 12.7. The van der Waals surface area contributed by atoms with Crippen molar-refractivity contribution < 1.29 is 32.7 Å². The number of hydrogen-bond acceptors (Lipinski definition) is 8. The first-order valence-electron chi connectivity index (χ1n) is 13.3. The molecule has 2 N–H and O–H groups in total. The molecule has 1 atom stereocenters. The molecule has 2 aromatic rings. The quantitative estimate of drug-likeness (QED) is 0.410. The number of benzene rings is 1. The topological polar surface area (TPSA) is 157 Å². The van der Waals surface area contributed by atoms with Gasteiger partial charge in [-0.05, 0) is 49.2 Å². The van der Waals surface area contributed by atoms with Crippen molar-refractivity contribution in [3.05, 3.63) is 53.2 Å². The van der Waals surface area contributed by atoms with Gasteiger partial charge in [-0.25, -0.2) is 13.4 Å². The van der Waals surface area contributed by atoms with Crippen LogP contribution in [0.1, 0.15) is 36.0 Å². The van der Waals surface area contributed by atoms with Gasteiger partial charge in [-0.1, -0.05) is 11.6 Å². The molecule has 3 heterocycles. The Morgan fingerprint density at radius 2 is 1.76 bits per heavy atom. The normalized spacial score (nSPS) is 18.0. The number of nitrogens with one attached hydrogen (secondary N) is 1. The lowest BCUT2D eigenvalue weighted by Gasteiger charge is -2.31. The Bertz CT molecular complexity index is 1370. The molecule has 2 aliphatic heterocycles. The molecule has 0 spiro atoms. The number of carboxylic acid groups (broad SMARTS) is 1. The van der Waals surface area contributed by atoms with Gasteiger partial charge < -0.3 is 15.3 Å². The summed E-state index contributed by atoms with van der Waals surface area (Å²) in [6.45, 7) is 1.62. The van der Waals surface area contributed by atoms with Crippen molar-refractivity contribution in [2.45, 2.75) is 31.7 Å². The molecule has 1 aromatic heterocycles. The maximum Gasteiger partial charge on any atom is 0.305 e. The van der Waals surface area contributed by atoms with E-state index >= 15 is 0 Å². The molecule has 2 aliphatic rings. The smallest absolute Gasteiger partial charge is 0.305 e. The zero-order valence-electron chi connectivity index (χ0n) is 22.4. The number of anilines is 2. The largest absolute Gasteiger partial charge is 0.481 e. The van der Waals surface area contributed by atoms with E-state index in [0.717, 1.165) is 12.8 Å². The molecule has 0 aliphatic carbocycles. The zero-order chi connectivity index (χ0) is 29.6. The van der Waals surface area contributed by atoms with Crippen LogP contribution >= 0.6 is 11.6 Å². The Hall–Kier alpha value is -3.55. The van der Waals surface area contributed by atoms with Gasteiger partial charge in [0.15, 0.2) is 9.84 Å². The first-order valence-corrected chi connectivity index (χ1v) is 15.5. The third-order valence-corrected chi connectivity index (χ3v) is 8.91. The third kappa shape index (κ3) is 8.24. The number of carbonyl (C=O) groups is 4. The van der Waals surface area contributed by atoms with Crippen molar-refractivity contribution >= 4 is 56.6 Å². The summed E-state index contributed by atoms with van der Waals surface area (Å²) < 4.78 is 23.6. The van der Waals surface area contributed by atoms with Gasteiger partial charge in [0.25, 0.3) is 11.8 Å². The van der Waals surface area contributed by atoms with Crippen molar-refractivity contribution in [3.8, 4) is 0 Å². The number of carboxylic acids is 1. The van der Waals surface area contributed by atoms with E-state index in [-0.39, 0.29) is 35.3 Å². The predicted octanol–water partition coefficient (Wildman–Crippen LogP) is 1.59. The fourth-order valence-electron chi connectivity index (χ4n) is 4.76. The highest BCUT2D eigenvalue weighted by molar-refractivity contribution is 7.91. The number of nitrogens with zero attached hydrogens (tertiary/aromatic N) is 4. The van der Waals surface area contributed by atoms with Gasteiger partial charge in [0.05, 0.1) is 22.9 Å². The molecular formula is C27H32ClN5O7S. The number of amides is 3. The highest BCUT2D eigenvalue weighted by Gasteiger charge is 2.31. The van der Waals surface area contributed by atoms with Crippen molar-refractivity contribution in [1.29, 1.82) is 0 Å². The first-order chi connectivity index (χ1) is 19.5. The monoisotopic (exact) mass is 605 g/mol. The van der Waals surface area contributed by atoms with Crippen LogP contribution in [0, 0.1) is 0 Å². The predicted molar refractivity (Wildman–Crippen MR) is 153 cm³/mol. The van der Waals surface area contributed by atoms with Crippen LogP contribution in [0.15, 0.2) is 42.6 Å². The van der Waals surface area contributed by atoms with E-state index in [2.05, 4.69) is 10.3 Å². The van der Waals surface area contributed by atoms with Crippen LogP contribution < -0.4 is 15.1 Å². The summed E-state index contributed by atoms with van der Waals surface area (Å²) in [6.07, 6.45) is 2.89. The van der Waals surface area contributed by atoms with Crippen LogP contribution in [0.4, 0.5) is 11.5 Å². The van der Waals surface area contributed by atoms with E-state index in [1.54, 1.807) is 17.0 Å². The SMILES string of the molecule is O=C(O)C[C@H](NC(=O)c1ccc(N2CCCCC2=O)cc1)C(=O)N(CCN1CCS(=O)(=O)CC1)c1ccc(Cl)cn1. The molecule has 14 heteroatoms. The van der Waals surface area contributed by atoms with Gasteiger partial charge in [0.1, 0.15) is 11.9 Å². The van der Waals surface area contributed by atoms with E-state index in [4.69, 9.17) is 11.6 Å². The number of pyridine rings is 1. The van der Waals surface area contributed by atoms with Crippen molar-refractivity contribution in [2.75, 3.05) is 54.0 Å². The second-order valence-electron chi connectivity index (χ2n) is 9.99. The molecule has 2 fully saturated rings. The molecule has 12 nitrogen and oxygen atoms in total. The first kappa shape index (κ1) is 30.4.